The molecule has 4 atom stereocenters. The number of imide groups is 1. The van der Waals surface area contributed by atoms with E-state index in [-0.39, 0.29) is 40.9 Å². The molecule has 5 aromatic rings. The van der Waals surface area contributed by atoms with E-state index >= 15 is 9.59 Å². The number of nitrogens with one attached hydrogen (secondary N) is 1. The highest BCUT2D eigenvalue weighted by molar-refractivity contribution is 6.36. The average Bonchev–Trinajstić information content (AvgIpc) is 3.56. The number of hydrogen-bond donors (Lipinski definition) is 2. The molecule has 2 aliphatic heterocycles. The van der Waals surface area contributed by atoms with E-state index in [9.17, 15) is 14.7 Å². The highest BCUT2D eigenvalue weighted by atomic mass is 35.5. The van der Waals surface area contributed by atoms with Crippen molar-refractivity contribution in [3.8, 4) is 28.7 Å². The van der Waals surface area contributed by atoms with Gasteiger partial charge in [0.05, 0.1) is 61.6 Å². The highest BCUT2D eigenvalue weighted by Gasteiger charge is 2.69. The van der Waals surface area contributed by atoms with Crippen LogP contribution in [0, 0.1) is 5.92 Å². The Kier molecular flexibility index (Phi) is 8.58. The van der Waals surface area contributed by atoms with E-state index in [0.717, 1.165) is 9.58 Å². The zero-order chi connectivity index (χ0) is 38.1. The van der Waals surface area contributed by atoms with Crippen LogP contribution in [0.4, 0.5) is 5.69 Å². The van der Waals surface area contributed by atoms with Crippen molar-refractivity contribution in [2.75, 3.05) is 26.8 Å². The molecule has 0 radical (unpaired) electrons. The quantitative estimate of drug-likeness (QED) is 0.155. The monoisotopic (exact) mass is 769 g/mol. The Balaban J connectivity index is 1.43. The van der Waals surface area contributed by atoms with Crippen molar-refractivity contribution < 1.29 is 28.9 Å². The summed E-state index contributed by atoms with van der Waals surface area (Å²) in [6.07, 6.45) is 1.77. The van der Waals surface area contributed by atoms with Crippen LogP contribution in [0.3, 0.4) is 0 Å². The van der Waals surface area contributed by atoms with Gasteiger partial charge in [0.25, 0.3) is 11.8 Å². The lowest BCUT2D eigenvalue weighted by molar-refractivity contribution is -0.138. The van der Waals surface area contributed by atoms with Gasteiger partial charge in [0.1, 0.15) is 23.0 Å². The fourth-order valence-corrected chi connectivity index (χ4v) is 8.88. The van der Waals surface area contributed by atoms with E-state index in [1.807, 2.05) is 6.08 Å². The lowest BCUT2D eigenvalue weighted by Crippen LogP contribution is -2.53. The average molecular weight is 771 g/mol. The number of carbonyl (C=O) groups is 2. The van der Waals surface area contributed by atoms with Crippen LogP contribution < -0.4 is 31.0 Å². The molecule has 3 aliphatic rings. The summed E-state index contributed by atoms with van der Waals surface area (Å²) >= 11 is 12.7. The zero-order valence-corrected chi connectivity index (χ0v) is 30.7. The summed E-state index contributed by atoms with van der Waals surface area (Å²) < 4.78 is 21.0. The number of rotatable bonds is 8. The summed E-state index contributed by atoms with van der Waals surface area (Å²) in [4.78, 5) is 58.9. The van der Waals surface area contributed by atoms with Gasteiger partial charge in [-0.15, -0.1) is 0 Å². The normalized spacial score (nSPS) is 21.5. The van der Waals surface area contributed by atoms with Gasteiger partial charge in [0.2, 0.25) is 0 Å². The number of allylic oxidation sites excluding steroid dienone is 2. The Bertz CT molecular complexity index is 2470. The van der Waals surface area contributed by atoms with Crippen LogP contribution in [0.25, 0.3) is 5.69 Å². The van der Waals surface area contributed by atoms with E-state index in [1.54, 1.807) is 66.7 Å². The van der Waals surface area contributed by atoms with Gasteiger partial charge in [-0.1, -0.05) is 59.6 Å². The first-order chi connectivity index (χ1) is 26.0. The third-order valence-corrected chi connectivity index (χ3v) is 11.2. The second-order valence-corrected chi connectivity index (χ2v) is 14.0. The smallest absolute Gasteiger partial charge is 0.352 e. The van der Waals surface area contributed by atoms with Crippen molar-refractivity contribution in [3.63, 3.8) is 0 Å². The summed E-state index contributed by atoms with van der Waals surface area (Å²) in [6, 6.07) is 22.0. The van der Waals surface area contributed by atoms with Crippen LogP contribution >= 0.6 is 23.2 Å². The molecule has 2 N–H and O–H groups in total. The summed E-state index contributed by atoms with van der Waals surface area (Å²) in [5.74, 6) is -2.70. The number of ether oxygens (including phenoxy) is 3. The number of para-hydroxylation sites is 1. The first-order valence-corrected chi connectivity index (χ1v) is 17.7. The summed E-state index contributed by atoms with van der Waals surface area (Å²) in [7, 11) is 4.36. The van der Waals surface area contributed by atoms with Crippen LogP contribution in [0.1, 0.15) is 29.5 Å². The lowest BCUT2D eigenvalue weighted by Gasteiger charge is -2.49. The SMILES string of the molecule is COc1ccc(C23C(=O)N(Nc4ccc(Cl)cc4Cl)C(=O)C2CC2C(=CCn4c(=O)n(-c5ccccc5)c(=O)n42)C3c2c(OC)cc(O)cc2OC)cc1. The Morgan fingerprint density at radius 3 is 2.15 bits per heavy atom. The highest BCUT2D eigenvalue weighted by Crippen LogP contribution is 2.64. The Morgan fingerprint density at radius 2 is 1.52 bits per heavy atom. The number of anilines is 1. The molecule has 2 amide bonds. The van der Waals surface area contributed by atoms with Gasteiger partial charge in [-0.2, -0.15) is 5.01 Å². The van der Waals surface area contributed by atoms with E-state index in [0.29, 0.717) is 33.2 Å². The van der Waals surface area contributed by atoms with E-state index in [2.05, 4.69) is 5.43 Å². The molecule has 3 heterocycles. The molecule has 54 heavy (non-hydrogen) atoms. The van der Waals surface area contributed by atoms with Gasteiger partial charge < -0.3 is 19.3 Å². The van der Waals surface area contributed by atoms with Gasteiger partial charge in [0.15, 0.2) is 0 Å². The number of hydrogen-bond acceptors (Lipinski definition) is 9. The second kappa shape index (κ2) is 13.2. The first-order valence-electron chi connectivity index (χ1n) is 16.9. The van der Waals surface area contributed by atoms with Gasteiger partial charge in [-0.25, -0.2) is 23.5 Å². The number of methoxy groups -OCH3 is 3. The minimum Gasteiger partial charge on any atom is -0.508 e. The molecule has 15 heteroatoms. The molecule has 1 aliphatic carbocycles. The molecule has 1 saturated carbocycles. The van der Waals surface area contributed by atoms with Crippen molar-refractivity contribution in [2.45, 2.75) is 30.3 Å². The molecule has 8 rings (SSSR count). The number of aromatic nitrogens is 3. The first kappa shape index (κ1) is 35.1. The number of amides is 2. The zero-order valence-electron chi connectivity index (χ0n) is 29.2. The van der Waals surface area contributed by atoms with Gasteiger partial charge in [0, 0.05) is 28.6 Å². The largest absolute Gasteiger partial charge is 0.508 e. The molecule has 13 nitrogen and oxygen atoms in total. The number of phenols is 1. The number of phenolic OH excluding ortho intramolecular Hbond substituents is 1. The molecule has 276 valence electrons. The van der Waals surface area contributed by atoms with Gasteiger partial charge in [-0.05, 0) is 60.0 Å². The maximum Gasteiger partial charge on any atom is 0.352 e. The number of carbonyl (C=O) groups excluding carboxylic acids is 2. The molecule has 1 saturated heterocycles. The van der Waals surface area contributed by atoms with E-state index in [1.165, 1.54) is 48.9 Å². The minimum atomic E-state index is -1.71. The fourth-order valence-electron chi connectivity index (χ4n) is 8.43. The molecule has 0 bridgehead atoms. The predicted octanol–water partition coefficient (Wildman–Crippen LogP) is 5.46. The van der Waals surface area contributed by atoms with Crippen molar-refractivity contribution in [1.82, 2.24) is 18.9 Å². The Labute approximate surface area is 318 Å². The molecule has 4 aromatic carbocycles. The maximum absolute atomic E-state index is 15.5. The number of benzene rings is 4. The number of halogens is 2. The number of fused-ring (bicyclic) bond motifs is 4. The molecule has 4 unspecified atom stereocenters. The van der Waals surface area contributed by atoms with Crippen LogP contribution in [0.15, 0.2) is 106 Å². The predicted molar refractivity (Wildman–Crippen MR) is 200 cm³/mol. The molecule has 0 spiro atoms. The van der Waals surface area contributed by atoms with Crippen LogP contribution in [-0.2, 0) is 21.5 Å². The number of nitrogens with zero attached hydrogens (tertiary/aromatic N) is 4. The topological polar surface area (TPSA) is 146 Å². The third-order valence-electron chi connectivity index (χ3n) is 10.7. The summed E-state index contributed by atoms with van der Waals surface area (Å²) in [5, 5.41) is 12.2. The fraction of sp³-hybridized carbons (Fsp3) is 0.231. The van der Waals surface area contributed by atoms with Crippen molar-refractivity contribution >= 4 is 40.7 Å². The summed E-state index contributed by atoms with van der Waals surface area (Å²) in [6.45, 7) is -0.0210. The maximum atomic E-state index is 15.5. The molecular formula is C39H33Cl2N5O8. The van der Waals surface area contributed by atoms with Crippen molar-refractivity contribution in [2.24, 2.45) is 5.92 Å². The standard InChI is InChI=1S/C39H33Cl2N5O8/c1-52-25-12-9-21(10-13-25)39-27(35(48)45(36(39)49)42-29-14-11-22(40)17-28(29)41)20-30-26(34(39)33-31(53-2)18-24(47)19-32(33)54-3)15-16-43-37(50)44(38(51)46(30)43)23-7-5-4-6-8-23/h4-15,17-19,27,30,34,42,47H,16,20H2,1-3H3. The minimum absolute atomic E-state index is 0.0210. The number of aromatic hydroxyl groups is 1. The molecular weight excluding hydrogens is 737 g/mol. The molecule has 1 aromatic heterocycles. The Morgan fingerprint density at radius 1 is 0.833 bits per heavy atom. The lowest BCUT2D eigenvalue weighted by atomic mass is 9.53. The molecule has 2 fully saturated rings. The van der Waals surface area contributed by atoms with E-state index in [4.69, 9.17) is 37.4 Å². The third kappa shape index (κ3) is 5.06. The number of hydrazine groups is 1. The van der Waals surface area contributed by atoms with Crippen LogP contribution in [0.2, 0.25) is 10.0 Å². The van der Waals surface area contributed by atoms with Gasteiger partial charge in [-0.3, -0.25) is 15.0 Å². The van der Waals surface area contributed by atoms with Crippen molar-refractivity contribution in [3.05, 3.63) is 139 Å². The van der Waals surface area contributed by atoms with Crippen LogP contribution in [0.5, 0.6) is 23.0 Å². The van der Waals surface area contributed by atoms with E-state index < -0.39 is 46.5 Å². The second-order valence-electron chi connectivity index (χ2n) is 13.2. The van der Waals surface area contributed by atoms with Crippen molar-refractivity contribution in [1.29, 1.82) is 0 Å². The van der Waals surface area contributed by atoms with Crippen LogP contribution in [-0.4, -0.2) is 57.2 Å². The van der Waals surface area contributed by atoms with Gasteiger partial charge >= 0.3 is 11.4 Å². The summed E-state index contributed by atoms with van der Waals surface area (Å²) in [5.41, 5.74) is 2.13. The Hall–Kier alpha value is -5.92.